The second-order valence-electron chi connectivity index (χ2n) is 6.61. The van der Waals surface area contributed by atoms with E-state index in [9.17, 15) is 15.0 Å². The SMILES string of the molecule is CNC(=O)C12CCC1C(n1cnc3c(N)nc(SC)nc31)C(O)C2O. The smallest absolute Gasteiger partial charge is 0.229 e. The molecule has 2 aromatic heterocycles. The normalized spacial score (nSPS) is 33.9. The van der Waals surface area contributed by atoms with Gasteiger partial charge >= 0.3 is 0 Å². The molecule has 5 atom stereocenters. The Morgan fingerprint density at radius 3 is 2.84 bits per heavy atom. The summed E-state index contributed by atoms with van der Waals surface area (Å²) in [7, 11) is 1.55. The van der Waals surface area contributed by atoms with Gasteiger partial charge in [0.15, 0.2) is 16.6 Å². The number of aliphatic hydroxyl groups excluding tert-OH is 2. The predicted molar refractivity (Wildman–Crippen MR) is 91.8 cm³/mol. The fourth-order valence-electron chi connectivity index (χ4n) is 4.43. The topological polar surface area (TPSA) is 139 Å². The zero-order valence-corrected chi connectivity index (χ0v) is 14.7. The second kappa shape index (κ2) is 5.55. The second-order valence-corrected chi connectivity index (χ2v) is 7.38. The molecule has 0 aliphatic heterocycles. The van der Waals surface area contributed by atoms with Crippen molar-refractivity contribution in [2.75, 3.05) is 19.0 Å². The molecular formula is C15H20N6O3S. The average Bonchev–Trinajstić information content (AvgIpc) is 3.06. The molecule has 2 fully saturated rings. The predicted octanol–water partition coefficient (Wildman–Crippen LogP) is -0.451. The molecule has 2 aliphatic carbocycles. The van der Waals surface area contributed by atoms with Crippen molar-refractivity contribution in [3.63, 3.8) is 0 Å². The largest absolute Gasteiger partial charge is 0.389 e. The van der Waals surface area contributed by atoms with E-state index in [4.69, 9.17) is 5.73 Å². The van der Waals surface area contributed by atoms with Crippen LogP contribution in [0.15, 0.2) is 11.5 Å². The molecule has 10 heteroatoms. The molecule has 2 saturated carbocycles. The highest BCUT2D eigenvalue weighted by atomic mass is 32.2. The molecule has 0 radical (unpaired) electrons. The first-order valence-electron chi connectivity index (χ1n) is 8.08. The van der Waals surface area contributed by atoms with Crippen LogP contribution in [0, 0.1) is 11.3 Å². The van der Waals surface area contributed by atoms with Crippen LogP contribution in [-0.4, -0.2) is 61.2 Å². The van der Waals surface area contributed by atoms with E-state index in [1.54, 1.807) is 17.9 Å². The molecule has 25 heavy (non-hydrogen) atoms. The van der Waals surface area contributed by atoms with Gasteiger partial charge in [-0.2, -0.15) is 0 Å². The standard InChI is InChI=1S/C15H20N6O3S/c1-17-13(24)15-4-3-6(15)8(9(22)10(15)23)21-5-18-7-11(16)19-14(25-2)20-12(7)21/h5-6,8-10,22-23H,3-4H2,1-2H3,(H,17,24)(H2,16,19,20). The van der Waals surface area contributed by atoms with Gasteiger partial charge in [0.25, 0.3) is 0 Å². The number of nitrogens with one attached hydrogen (secondary N) is 1. The highest BCUT2D eigenvalue weighted by molar-refractivity contribution is 7.98. The molecule has 5 unspecified atom stereocenters. The van der Waals surface area contributed by atoms with Crippen molar-refractivity contribution < 1.29 is 15.0 Å². The van der Waals surface area contributed by atoms with Crippen molar-refractivity contribution in [1.29, 1.82) is 0 Å². The summed E-state index contributed by atoms with van der Waals surface area (Å²) in [6.45, 7) is 0. The van der Waals surface area contributed by atoms with Gasteiger partial charge in [0.05, 0.1) is 23.9 Å². The number of carbonyl (C=O) groups excluding carboxylic acids is 1. The Hall–Kier alpha value is -1.91. The number of aromatic nitrogens is 4. The van der Waals surface area contributed by atoms with E-state index in [0.717, 1.165) is 6.42 Å². The molecule has 0 saturated heterocycles. The molecule has 2 heterocycles. The van der Waals surface area contributed by atoms with Crippen LogP contribution >= 0.6 is 11.8 Å². The van der Waals surface area contributed by atoms with Crippen molar-refractivity contribution in [3.05, 3.63) is 6.33 Å². The van der Waals surface area contributed by atoms with Crippen molar-refractivity contribution in [3.8, 4) is 0 Å². The lowest BCUT2D eigenvalue weighted by molar-refractivity contribution is -0.151. The Morgan fingerprint density at radius 2 is 2.24 bits per heavy atom. The van der Waals surface area contributed by atoms with Crippen molar-refractivity contribution in [1.82, 2.24) is 24.8 Å². The van der Waals surface area contributed by atoms with Crippen LogP contribution in [0.5, 0.6) is 0 Å². The van der Waals surface area contributed by atoms with Crippen LogP contribution in [0.3, 0.4) is 0 Å². The number of hydrogen-bond acceptors (Lipinski definition) is 8. The third-order valence-corrected chi connectivity index (χ3v) is 6.27. The molecule has 9 nitrogen and oxygen atoms in total. The Morgan fingerprint density at radius 1 is 1.48 bits per heavy atom. The van der Waals surface area contributed by atoms with Gasteiger partial charge in [-0.25, -0.2) is 15.0 Å². The third-order valence-electron chi connectivity index (χ3n) is 5.73. The number of anilines is 1. The van der Waals surface area contributed by atoms with Gasteiger partial charge in [-0.1, -0.05) is 11.8 Å². The van der Waals surface area contributed by atoms with E-state index in [0.29, 0.717) is 22.7 Å². The van der Waals surface area contributed by atoms with Crippen LogP contribution in [0.1, 0.15) is 18.9 Å². The van der Waals surface area contributed by atoms with Crippen LogP contribution in [0.4, 0.5) is 5.82 Å². The summed E-state index contributed by atoms with van der Waals surface area (Å²) in [6.07, 6.45) is 2.47. The highest BCUT2D eigenvalue weighted by Crippen LogP contribution is 2.62. The van der Waals surface area contributed by atoms with E-state index in [2.05, 4.69) is 20.3 Å². The Labute approximate surface area is 148 Å². The van der Waals surface area contributed by atoms with E-state index in [1.807, 2.05) is 6.26 Å². The summed E-state index contributed by atoms with van der Waals surface area (Å²) in [4.78, 5) is 25.4. The van der Waals surface area contributed by atoms with E-state index in [-0.39, 0.29) is 17.6 Å². The lowest BCUT2D eigenvalue weighted by atomic mass is 9.59. The van der Waals surface area contributed by atoms with Gasteiger partial charge in [0, 0.05) is 7.05 Å². The molecule has 0 bridgehead atoms. The van der Waals surface area contributed by atoms with Gasteiger partial charge in [-0.05, 0) is 25.0 Å². The van der Waals surface area contributed by atoms with Crippen molar-refractivity contribution >= 4 is 34.7 Å². The summed E-state index contributed by atoms with van der Waals surface area (Å²) in [5, 5.41) is 24.5. The number of aliphatic hydroxyl groups is 2. The fourth-order valence-corrected chi connectivity index (χ4v) is 4.80. The minimum absolute atomic E-state index is 0.191. The van der Waals surface area contributed by atoms with E-state index < -0.39 is 23.7 Å². The first kappa shape index (κ1) is 16.6. The summed E-state index contributed by atoms with van der Waals surface area (Å²) in [5.74, 6) is -0.155. The maximum absolute atomic E-state index is 12.4. The molecule has 1 amide bonds. The zero-order valence-electron chi connectivity index (χ0n) is 13.9. The molecule has 5 N–H and O–H groups in total. The lowest BCUT2D eigenvalue weighted by Crippen LogP contribution is -2.55. The number of amides is 1. The van der Waals surface area contributed by atoms with Crippen molar-refractivity contribution in [2.24, 2.45) is 11.3 Å². The van der Waals surface area contributed by atoms with Gasteiger partial charge in [-0.3, -0.25) is 4.79 Å². The molecule has 4 rings (SSSR count). The van der Waals surface area contributed by atoms with Gasteiger partial charge in [0.2, 0.25) is 5.91 Å². The third kappa shape index (κ3) is 1.98. The van der Waals surface area contributed by atoms with E-state index in [1.165, 1.54) is 11.8 Å². The maximum atomic E-state index is 12.4. The number of hydrogen-bond donors (Lipinski definition) is 4. The first-order valence-corrected chi connectivity index (χ1v) is 9.30. The van der Waals surface area contributed by atoms with Crippen LogP contribution in [0.25, 0.3) is 11.2 Å². The number of thioether (sulfide) groups is 1. The van der Waals surface area contributed by atoms with Gasteiger partial charge in [-0.15, -0.1) is 0 Å². The first-order chi connectivity index (χ1) is 12.0. The molecular weight excluding hydrogens is 344 g/mol. The Bertz CT molecular complexity index is 857. The van der Waals surface area contributed by atoms with Crippen LogP contribution in [0.2, 0.25) is 0 Å². The maximum Gasteiger partial charge on any atom is 0.229 e. The molecule has 0 spiro atoms. The number of carbonyl (C=O) groups is 1. The van der Waals surface area contributed by atoms with Crippen molar-refractivity contribution in [2.45, 2.75) is 36.2 Å². The monoisotopic (exact) mass is 364 g/mol. The zero-order chi connectivity index (χ0) is 17.9. The number of nitrogen functional groups attached to an aromatic ring is 1. The lowest BCUT2D eigenvalue weighted by Gasteiger charge is -2.46. The minimum Gasteiger partial charge on any atom is -0.389 e. The molecule has 2 aromatic rings. The van der Waals surface area contributed by atoms with Crippen LogP contribution in [-0.2, 0) is 4.79 Å². The summed E-state index contributed by atoms with van der Waals surface area (Å²) in [5.41, 5.74) is 5.96. The summed E-state index contributed by atoms with van der Waals surface area (Å²) < 4.78 is 1.73. The van der Waals surface area contributed by atoms with Gasteiger partial charge < -0.3 is 25.8 Å². The number of nitrogens with zero attached hydrogens (tertiary/aromatic N) is 4. The number of nitrogens with two attached hydrogens (primary N) is 1. The molecule has 0 aromatic carbocycles. The molecule has 134 valence electrons. The Kier molecular flexibility index (Phi) is 3.67. The van der Waals surface area contributed by atoms with Crippen LogP contribution < -0.4 is 11.1 Å². The Balaban J connectivity index is 1.84. The van der Waals surface area contributed by atoms with Gasteiger partial charge in [0.1, 0.15) is 11.6 Å². The average molecular weight is 364 g/mol. The van der Waals surface area contributed by atoms with E-state index >= 15 is 0 Å². The fraction of sp³-hybridized carbons (Fsp3) is 0.600. The number of fused-ring (bicyclic) bond motifs is 2. The number of rotatable bonds is 3. The number of imidazole rings is 1. The molecule has 2 aliphatic rings. The minimum atomic E-state index is -1.13. The highest BCUT2D eigenvalue weighted by Gasteiger charge is 2.68. The summed E-state index contributed by atoms with van der Waals surface area (Å²) >= 11 is 1.36. The summed E-state index contributed by atoms with van der Waals surface area (Å²) in [6, 6.07) is -0.491. The quantitative estimate of drug-likeness (QED) is 0.424.